The number of hydrogen-bond acceptors (Lipinski definition) is 4. The fourth-order valence-electron chi connectivity index (χ4n) is 2.91. The second-order valence-corrected chi connectivity index (χ2v) is 6.93. The number of amides is 1. The van der Waals surface area contributed by atoms with Crippen LogP contribution < -0.4 is 15.2 Å². The van der Waals surface area contributed by atoms with Crippen molar-refractivity contribution in [3.05, 3.63) is 34.1 Å². The van der Waals surface area contributed by atoms with Crippen LogP contribution in [0.4, 0.5) is 10.6 Å². The SMILES string of the molecule is CCCCOc1c(N(C)C(=O)O)n(CC(C)C)c(=O)c2ccc(C=O)cc12. The number of hydrogen-bond donors (Lipinski definition) is 1. The van der Waals surface area contributed by atoms with Gasteiger partial charge in [0.25, 0.3) is 5.56 Å². The van der Waals surface area contributed by atoms with E-state index in [2.05, 4.69) is 0 Å². The van der Waals surface area contributed by atoms with Gasteiger partial charge in [0.1, 0.15) is 6.29 Å². The summed E-state index contributed by atoms with van der Waals surface area (Å²) in [5.74, 6) is 0.624. The van der Waals surface area contributed by atoms with Gasteiger partial charge in [-0.05, 0) is 24.5 Å². The van der Waals surface area contributed by atoms with Gasteiger partial charge in [0.05, 0.1) is 12.0 Å². The maximum atomic E-state index is 13.1. The molecular formula is C20H26N2O5. The van der Waals surface area contributed by atoms with Gasteiger partial charge in [-0.2, -0.15) is 0 Å². The lowest BCUT2D eigenvalue weighted by Crippen LogP contribution is -2.34. The van der Waals surface area contributed by atoms with Crippen LogP contribution in [0.15, 0.2) is 23.0 Å². The minimum Gasteiger partial charge on any atom is -0.489 e. The monoisotopic (exact) mass is 374 g/mol. The van der Waals surface area contributed by atoms with Crippen molar-refractivity contribution in [2.45, 2.75) is 40.2 Å². The molecular weight excluding hydrogens is 348 g/mol. The smallest absolute Gasteiger partial charge is 0.412 e. The molecule has 2 aromatic rings. The molecule has 0 aliphatic carbocycles. The molecule has 0 fully saturated rings. The molecule has 1 aromatic carbocycles. The lowest BCUT2D eigenvalue weighted by Gasteiger charge is -2.25. The summed E-state index contributed by atoms with van der Waals surface area (Å²) in [5.41, 5.74) is 0.0925. The van der Waals surface area contributed by atoms with Gasteiger partial charge in [0.15, 0.2) is 11.6 Å². The number of aromatic nitrogens is 1. The Kier molecular flexibility index (Phi) is 6.60. The molecule has 1 heterocycles. The molecule has 27 heavy (non-hydrogen) atoms. The lowest BCUT2D eigenvalue weighted by molar-refractivity contribution is 0.112. The molecule has 1 N–H and O–H groups in total. The predicted octanol–water partition coefficient (Wildman–Crippen LogP) is 3.76. The molecule has 2 rings (SSSR count). The van der Waals surface area contributed by atoms with E-state index < -0.39 is 6.09 Å². The van der Waals surface area contributed by atoms with Crippen LogP contribution in [0.2, 0.25) is 0 Å². The average Bonchev–Trinajstić information content (AvgIpc) is 2.63. The van der Waals surface area contributed by atoms with Gasteiger partial charge in [0, 0.05) is 24.5 Å². The number of nitrogens with zero attached hydrogens (tertiary/aromatic N) is 2. The first-order valence-corrected chi connectivity index (χ1v) is 9.06. The number of rotatable bonds is 8. The topological polar surface area (TPSA) is 88.8 Å². The highest BCUT2D eigenvalue weighted by Gasteiger charge is 2.25. The number of carbonyl (C=O) groups is 2. The molecule has 7 nitrogen and oxygen atoms in total. The molecule has 146 valence electrons. The van der Waals surface area contributed by atoms with Crippen molar-refractivity contribution in [1.82, 2.24) is 4.57 Å². The molecule has 1 amide bonds. The molecule has 1 aromatic heterocycles. The Morgan fingerprint density at radius 3 is 2.59 bits per heavy atom. The van der Waals surface area contributed by atoms with E-state index in [4.69, 9.17) is 4.74 Å². The van der Waals surface area contributed by atoms with Crippen LogP contribution in [0, 0.1) is 5.92 Å². The van der Waals surface area contributed by atoms with E-state index in [-0.39, 0.29) is 17.3 Å². The standard InChI is InChI=1S/C20H26N2O5/c1-5-6-9-27-17-16-10-14(12-23)7-8-15(16)19(24)22(11-13(2)3)18(17)21(4)20(25)26/h7-8,10,12-13H,5-6,9,11H2,1-4H3,(H,25,26). The molecule has 0 saturated carbocycles. The highest BCUT2D eigenvalue weighted by atomic mass is 16.5. The number of pyridine rings is 1. The quantitative estimate of drug-likeness (QED) is 0.561. The number of carbonyl (C=O) groups excluding carboxylic acids is 1. The van der Waals surface area contributed by atoms with E-state index in [1.165, 1.54) is 11.6 Å². The second kappa shape index (κ2) is 8.70. The third-order valence-electron chi connectivity index (χ3n) is 4.26. The largest absolute Gasteiger partial charge is 0.489 e. The van der Waals surface area contributed by atoms with Crippen molar-refractivity contribution in [3.8, 4) is 5.75 Å². The van der Waals surface area contributed by atoms with Crippen molar-refractivity contribution in [2.24, 2.45) is 5.92 Å². The Balaban J connectivity index is 2.90. The average molecular weight is 374 g/mol. The van der Waals surface area contributed by atoms with Crippen LogP contribution in [-0.2, 0) is 6.54 Å². The summed E-state index contributed by atoms with van der Waals surface area (Å²) in [6.45, 7) is 6.66. The zero-order valence-corrected chi connectivity index (χ0v) is 16.2. The zero-order chi connectivity index (χ0) is 20.1. The van der Waals surface area contributed by atoms with Crippen LogP contribution in [0.5, 0.6) is 5.75 Å². The molecule has 7 heteroatoms. The van der Waals surface area contributed by atoms with Crippen LogP contribution in [0.25, 0.3) is 10.8 Å². The minimum atomic E-state index is -1.20. The van der Waals surface area contributed by atoms with E-state index in [1.54, 1.807) is 18.2 Å². The first-order chi connectivity index (χ1) is 12.8. The number of ether oxygens (including phenoxy) is 1. The van der Waals surface area contributed by atoms with Gasteiger partial charge in [-0.1, -0.05) is 33.3 Å². The van der Waals surface area contributed by atoms with Crippen molar-refractivity contribution in [3.63, 3.8) is 0 Å². The first-order valence-electron chi connectivity index (χ1n) is 9.06. The van der Waals surface area contributed by atoms with Crippen LogP contribution in [0.3, 0.4) is 0 Å². The minimum absolute atomic E-state index is 0.124. The number of aldehydes is 1. The summed E-state index contributed by atoms with van der Waals surface area (Å²) in [7, 11) is 1.38. The fraction of sp³-hybridized carbons (Fsp3) is 0.450. The number of fused-ring (bicyclic) bond motifs is 1. The summed E-state index contributed by atoms with van der Waals surface area (Å²) in [6, 6.07) is 4.74. The number of anilines is 1. The molecule has 0 atom stereocenters. The van der Waals surface area contributed by atoms with Crippen LogP contribution >= 0.6 is 0 Å². The summed E-state index contributed by atoms with van der Waals surface area (Å²) in [6.07, 6.45) is 1.19. The number of carboxylic acid groups (broad SMARTS) is 1. The van der Waals surface area contributed by atoms with E-state index in [0.717, 1.165) is 17.7 Å². The van der Waals surface area contributed by atoms with E-state index in [0.29, 0.717) is 41.5 Å². The van der Waals surface area contributed by atoms with E-state index in [9.17, 15) is 19.5 Å². The third kappa shape index (κ3) is 4.30. The summed E-state index contributed by atoms with van der Waals surface area (Å²) in [5, 5.41) is 10.4. The summed E-state index contributed by atoms with van der Waals surface area (Å²) in [4.78, 5) is 37.0. The van der Waals surface area contributed by atoms with Crippen molar-refractivity contribution in [2.75, 3.05) is 18.6 Å². The molecule has 0 radical (unpaired) electrons. The van der Waals surface area contributed by atoms with Gasteiger partial charge in [-0.25, -0.2) is 4.79 Å². The van der Waals surface area contributed by atoms with E-state index in [1.807, 2.05) is 20.8 Å². The number of benzene rings is 1. The van der Waals surface area contributed by atoms with Crippen molar-refractivity contribution >= 4 is 29.0 Å². The highest BCUT2D eigenvalue weighted by molar-refractivity contribution is 5.98. The molecule has 0 aliphatic heterocycles. The second-order valence-electron chi connectivity index (χ2n) is 6.93. The Bertz CT molecular complexity index is 901. The molecule has 0 spiro atoms. The molecule has 0 aliphatic rings. The summed E-state index contributed by atoms with van der Waals surface area (Å²) >= 11 is 0. The molecule has 0 bridgehead atoms. The Morgan fingerprint density at radius 2 is 2.04 bits per heavy atom. The van der Waals surface area contributed by atoms with Crippen LogP contribution in [0.1, 0.15) is 44.0 Å². The van der Waals surface area contributed by atoms with E-state index >= 15 is 0 Å². The molecule has 0 saturated heterocycles. The first kappa shape index (κ1) is 20.5. The fourth-order valence-corrected chi connectivity index (χ4v) is 2.91. The van der Waals surface area contributed by atoms with Gasteiger partial charge in [0.2, 0.25) is 0 Å². The van der Waals surface area contributed by atoms with Gasteiger partial charge in [-0.15, -0.1) is 0 Å². The molecule has 0 unspecified atom stereocenters. The Labute approximate surface area is 158 Å². The van der Waals surface area contributed by atoms with Crippen molar-refractivity contribution in [1.29, 1.82) is 0 Å². The number of unbranched alkanes of at least 4 members (excludes halogenated alkanes) is 1. The van der Waals surface area contributed by atoms with Gasteiger partial charge < -0.3 is 9.84 Å². The van der Waals surface area contributed by atoms with Crippen molar-refractivity contribution < 1.29 is 19.4 Å². The lowest BCUT2D eigenvalue weighted by atomic mass is 10.1. The summed E-state index contributed by atoms with van der Waals surface area (Å²) < 4.78 is 7.41. The third-order valence-corrected chi connectivity index (χ3v) is 4.26. The predicted molar refractivity (Wildman–Crippen MR) is 105 cm³/mol. The van der Waals surface area contributed by atoms with Crippen LogP contribution in [-0.4, -0.2) is 35.7 Å². The Morgan fingerprint density at radius 1 is 1.33 bits per heavy atom. The van der Waals surface area contributed by atoms with Gasteiger partial charge >= 0.3 is 6.09 Å². The maximum absolute atomic E-state index is 13.1. The highest BCUT2D eigenvalue weighted by Crippen LogP contribution is 2.35. The maximum Gasteiger partial charge on any atom is 0.412 e. The normalized spacial score (nSPS) is 11.0. The van der Waals surface area contributed by atoms with Gasteiger partial charge in [-0.3, -0.25) is 19.1 Å². The zero-order valence-electron chi connectivity index (χ0n) is 16.2. The Hall–Kier alpha value is -2.83.